The Morgan fingerprint density at radius 2 is 2.27 bits per heavy atom. The van der Waals surface area contributed by atoms with Gasteiger partial charge >= 0.3 is 0 Å². The molecule has 2 aromatic rings. The zero-order valence-corrected chi connectivity index (χ0v) is 8.84. The lowest BCUT2D eigenvalue weighted by molar-refractivity contribution is 1.09. The quantitative estimate of drug-likeness (QED) is 0.622. The Kier molecular flexibility index (Phi) is 1.83. The van der Waals surface area contributed by atoms with Crippen molar-refractivity contribution in [2.75, 3.05) is 0 Å². The van der Waals surface area contributed by atoms with Gasteiger partial charge in [-0.2, -0.15) is 5.26 Å². The first-order valence-electron chi connectivity index (χ1n) is 4.82. The Morgan fingerprint density at radius 3 is 3.13 bits per heavy atom. The van der Waals surface area contributed by atoms with E-state index in [2.05, 4.69) is 35.3 Å². The van der Waals surface area contributed by atoms with E-state index in [-0.39, 0.29) is 0 Å². The van der Waals surface area contributed by atoms with Crippen molar-refractivity contribution in [2.45, 2.75) is 12.8 Å². The van der Waals surface area contributed by atoms with Crippen molar-refractivity contribution < 1.29 is 0 Å². The molecule has 0 bridgehead atoms. The van der Waals surface area contributed by atoms with Gasteiger partial charge in [-0.05, 0) is 11.1 Å². The average Bonchev–Trinajstić information content (AvgIpc) is 2.75. The van der Waals surface area contributed by atoms with Gasteiger partial charge in [0.2, 0.25) is 0 Å². The highest BCUT2D eigenvalue weighted by Crippen LogP contribution is 2.40. The fourth-order valence-corrected chi connectivity index (χ4v) is 3.02. The molecule has 0 amide bonds. The molecule has 1 aromatic heterocycles. The topological polar surface area (TPSA) is 36.7 Å². The molecule has 3 rings (SSSR count). The van der Waals surface area contributed by atoms with Crippen molar-refractivity contribution in [1.82, 2.24) is 4.98 Å². The molecule has 1 heterocycles. The summed E-state index contributed by atoms with van der Waals surface area (Å²) in [4.78, 5) is 5.75. The van der Waals surface area contributed by atoms with Crippen LogP contribution in [0.25, 0.3) is 10.4 Å². The van der Waals surface area contributed by atoms with Gasteiger partial charge in [-0.15, -0.1) is 11.3 Å². The van der Waals surface area contributed by atoms with Crippen molar-refractivity contribution in [1.29, 1.82) is 5.26 Å². The third kappa shape index (κ3) is 1.26. The fraction of sp³-hybridized carbons (Fsp3) is 0.167. The summed E-state index contributed by atoms with van der Waals surface area (Å²) in [5.74, 6) is 0. The largest absolute Gasteiger partial charge is 0.244 e. The van der Waals surface area contributed by atoms with Crippen molar-refractivity contribution >= 4 is 11.3 Å². The number of aromatic nitrogens is 1. The van der Waals surface area contributed by atoms with Crippen LogP contribution >= 0.6 is 11.3 Å². The summed E-state index contributed by atoms with van der Waals surface area (Å²) < 4.78 is 0. The highest BCUT2D eigenvalue weighted by Gasteiger charge is 2.22. The second-order valence-electron chi connectivity index (χ2n) is 3.55. The summed E-state index contributed by atoms with van der Waals surface area (Å²) in [5.41, 5.74) is 3.80. The van der Waals surface area contributed by atoms with Gasteiger partial charge in [0.25, 0.3) is 0 Å². The van der Waals surface area contributed by atoms with Crippen LogP contribution < -0.4 is 0 Å². The number of benzene rings is 1. The second kappa shape index (κ2) is 3.18. The van der Waals surface area contributed by atoms with Gasteiger partial charge in [-0.25, -0.2) is 4.98 Å². The average molecular weight is 212 g/mol. The standard InChI is InChI=1S/C12H8N2S/c13-6-5-11-14-10-7-8-3-1-2-4-9(8)12(10)15-11/h1-4H,5,7H2. The van der Waals surface area contributed by atoms with Gasteiger partial charge < -0.3 is 0 Å². The molecular formula is C12H8N2S. The van der Waals surface area contributed by atoms with Gasteiger partial charge in [-0.3, -0.25) is 0 Å². The van der Waals surface area contributed by atoms with Crippen LogP contribution in [0.2, 0.25) is 0 Å². The Labute approximate surface area is 91.8 Å². The summed E-state index contributed by atoms with van der Waals surface area (Å²) in [6, 6.07) is 10.5. The maximum atomic E-state index is 8.62. The molecule has 0 atom stereocenters. The van der Waals surface area contributed by atoms with E-state index in [1.54, 1.807) is 11.3 Å². The van der Waals surface area contributed by atoms with Crippen LogP contribution in [-0.2, 0) is 12.8 Å². The summed E-state index contributed by atoms with van der Waals surface area (Å²) in [6.45, 7) is 0. The molecule has 15 heavy (non-hydrogen) atoms. The summed E-state index contributed by atoms with van der Waals surface area (Å²) in [5, 5.41) is 9.56. The minimum absolute atomic E-state index is 0.430. The van der Waals surface area contributed by atoms with E-state index in [9.17, 15) is 0 Å². The molecule has 1 aliphatic carbocycles. The fourth-order valence-electron chi connectivity index (χ4n) is 1.95. The summed E-state index contributed by atoms with van der Waals surface area (Å²) in [6.07, 6.45) is 1.35. The van der Waals surface area contributed by atoms with Gasteiger partial charge in [0.1, 0.15) is 5.01 Å². The van der Waals surface area contributed by atoms with Crippen molar-refractivity contribution in [3.05, 3.63) is 40.5 Å². The van der Waals surface area contributed by atoms with E-state index in [0.29, 0.717) is 6.42 Å². The first-order valence-corrected chi connectivity index (χ1v) is 5.64. The van der Waals surface area contributed by atoms with Crippen LogP contribution in [0.5, 0.6) is 0 Å². The smallest absolute Gasteiger partial charge is 0.108 e. The Balaban J connectivity index is 2.12. The lowest BCUT2D eigenvalue weighted by Gasteiger charge is -1.96. The molecule has 2 nitrogen and oxygen atoms in total. The Bertz CT molecular complexity index is 563. The number of fused-ring (bicyclic) bond motifs is 3. The maximum absolute atomic E-state index is 8.62. The van der Waals surface area contributed by atoms with Crippen LogP contribution in [0, 0.1) is 11.3 Å². The van der Waals surface area contributed by atoms with Gasteiger partial charge in [0.15, 0.2) is 0 Å². The highest BCUT2D eigenvalue weighted by atomic mass is 32.1. The number of thiazole rings is 1. The number of hydrogen-bond acceptors (Lipinski definition) is 3. The van der Waals surface area contributed by atoms with Crippen LogP contribution in [0.4, 0.5) is 0 Å². The SMILES string of the molecule is N#CCc1nc2c(s1)-c1ccccc1C2. The molecule has 0 radical (unpaired) electrons. The molecule has 0 saturated carbocycles. The van der Waals surface area contributed by atoms with E-state index in [1.165, 1.54) is 16.0 Å². The van der Waals surface area contributed by atoms with Crippen LogP contribution in [0.3, 0.4) is 0 Å². The zero-order valence-electron chi connectivity index (χ0n) is 8.03. The summed E-state index contributed by atoms with van der Waals surface area (Å²) in [7, 11) is 0. The first kappa shape index (κ1) is 8.63. The van der Waals surface area contributed by atoms with E-state index >= 15 is 0 Å². The lowest BCUT2D eigenvalue weighted by atomic mass is 10.1. The zero-order chi connectivity index (χ0) is 10.3. The number of nitrogens with zero attached hydrogens (tertiary/aromatic N) is 2. The number of hydrogen-bond donors (Lipinski definition) is 0. The molecular weight excluding hydrogens is 204 g/mol. The molecule has 0 aliphatic heterocycles. The van der Waals surface area contributed by atoms with Crippen molar-refractivity contribution in [2.24, 2.45) is 0 Å². The Morgan fingerprint density at radius 1 is 1.40 bits per heavy atom. The minimum Gasteiger partial charge on any atom is -0.244 e. The highest BCUT2D eigenvalue weighted by molar-refractivity contribution is 7.15. The maximum Gasteiger partial charge on any atom is 0.108 e. The normalized spacial score (nSPS) is 11.9. The van der Waals surface area contributed by atoms with Crippen LogP contribution in [0.15, 0.2) is 24.3 Å². The van der Waals surface area contributed by atoms with E-state index in [4.69, 9.17) is 5.26 Å². The van der Waals surface area contributed by atoms with Gasteiger partial charge in [-0.1, -0.05) is 24.3 Å². The summed E-state index contributed by atoms with van der Waals surface area (Å²) >= 11 is 1.66. The molecule has 72 valence electrons. The first-order chi connectivity index (χ1) is 7.38. The molecule has 0 spiro atoms. The lowest BCUT2D eigenvalue weighted by Crippen LogP contribution is -1.84. The van der Waals surface area contributed by atoms with Crippen molar-refractivity contribution in [3.8, 4) is 16.5 Å². The molecule has 0 saturated heterocycles. The van der Waals surface area contributed by atoms with Crippen LogP contribution in [-0.4, -0.2) is 4.98 Å². The van der Waals surface area contributed by atoms with Gasteiger partial charge in [0.05, 0.1) is 23.1 Å². The molecule has 0 fully saturated rings. The van der Waals surface area contributed by atoms with Crippen LogP contribution in [0.1, 0.15) is 16.3 Å². The number of rotatable bonds is 1. The third-order valence-corrected chi connectivity index (χ3v) is 3.72. The van der Waals surface area contributed by atoms with Gasteiger partial charge in [0, 0.05) is 6.42 Å². The predicted molar refractivity (Wildman–Crippen MR) is 59.7 cm³/mol. The molecule has 1 aromatic carbocycles. The third-order valence-electron chi connectivity index (χ3n) is 2.59. The second-order valence-corrected chi connectivity index (χ2v) is 4.64. The molecule has 0 N–H and O–H groups in total. The minimum atomic E-state index is 0.430. The molecule has 0 unspecified atom stereocenters. The van der Waals surface area contributed by atoms with E-state index < -0.39 is 0 Å². The molecule has 1 aliphatic rings. The monoisotopic (exact) mass is 212 g/mol. The van der Waals surface area contributed by atoms with Crippen molar-refractivity contribution in [3.63, 3.8) is 0 Å². The van der Waals surface area contributed by atoms with E-state index in [0.717, 1.165) is 17.1 Å². The number of nitriles is 1. The molecule has 3 heteroatoms. The van der Waals surface area contributed by atoms with E-state index in [1.807, 2.05) is 0 Å². The predicted octanol–water partition coefficient (Wildman–Crippen LogP) is 2.78. The Hall–Kier alpha value is -1.66.